The van der Waals surface area contributed by atoms with E-state index in [2.05, 4.69) is 82.6 Å². The number of fused-ring (bicyclic) bond motifs is 6. The normalized spacial score (nSPS) is 25.7. The van der Waals surface area contributed by atoms with Crippen LogP contribution in [-0.2, 0) is 0 Å². The van der Waals surface area contributed by atoms with Gasteiger partial charge in [0.1, 0.15) is 0 Å². The Labute approximate surface area is 183 Å². The highest BCUT2D eigenvalue weighted by molar-refractivity contribution is 5.33. The molecule has 0 saturated heterocycles. The maximum Gasteiger partial charge on any atom is 0.212 e. The van der Waals surface area contributed by atoms with Gasteiger partial charge in [-0.1, -0.05) is 57.4 Å². The van der Waals surface area contributed by atoms with E-state index >= 15 is 0 Å². The van der Waals surface area contributed by atoms with Crippen LogP contribution < -0.4 is 5.32 Å². The zero-order chi connectivity index (χ0) is 20.4. The van der Waals surface area contributed by atoms with Crippen LogP contribution in [0, 0.1) is 13.3 Å². The Morgan fingerprint density at radius 2 is 1.27 bits per heavy atom. The molecule has 0 amide bonds. The van der Waals surface area contributed by atoms with Gasteiger partial charge in [-0.15, -0.1) is 0 Å². The summed E-state index contributed by atoms with van der Waals surface area (Å²) in [6.45, 7) is 9.78. The molecule has 0 spiro atoms. The van der Waals surface area contributed by atoms with Crippen LogP contribution in [0.25, 0.3) is 0 Å². The van der Waals surface area contributed by atoms with Crippen molar-refractivity contribution < 1.29 is 0 Å². The number of nitrogens with zero attached hydrogens (tertiary/aromatic N) is 4. The van der Waals surface area contributed by atoms with Gasteiger partial charge in [-0.05, 0) is 25.0 Å². The molecule has 4 aliphatic rings. The molecule has 4 radical (unpaired) electrons. The molecule has 0 unspecified atom stereocenters. The highest BCUT2D eigenvalue weighted by Crippen LogP contribution is 2.19. The summed E-state index contributed by atoms with van der Waals surface area (Å²) in [5.41, 5.74) is 2.24. The van der Waals surface area contributed by atoms with Crippen molar-refractivity contribution in [2.24, 2.45) is 0 Å². The van der Waals surface area contributed by atoms with Gasteiger partial charge in [0.05, 0.1) is 12.2 Å². The molecule has 5 nitrogen and oxygen atoms in total. The summed E-state index contributed by atoms with van der Waals surface area (Å²) in [7, 11) is 0. The van der Waals surface area contributed by atoms with Crippen LogP contribution in [0.2, 0.25) is 0 Å². The SMILES string of the molecule is [C]1N2C=CN1CCCCCCCCCCCCN1[C]N(C=C1)CC1=CC=C/C(=C\2)N1. The van der Waals surface area contributed by atoms with Gasteiger partial charge >= 0.3 is 0 Å². The fraction of sp³-hybridized carbons (Fsp3) is 0.520. The van der Waals surface area contributed by atoms with Gasteiger partial charge in [0, 0.05) is 49.8 Å². The lowest BCUT2D eigenvalue weighted by molar-refractivity contribution is 0.347. The Morgan fingerprint density at radius 3 is 2.00 bits per heavy atom. The zero-order valence-corrected chi connectivity index (χ0v) is 18.1. The van der Waals surface area contributed by atoms with Gasteiger partial charge < -0.3 is 24.9 Å². The van der Waals surface area contributed by atoms with Gasteiger partial charge in [0.2, 0.25) is 13.3 Å². The predicted molar refractivity (Wildman–Crippen MR) is 121 cm³/mol. The first-order valence-electron chi connectivity index (χ1n) is 11.7. The lowest BCUT2D eigenvalue weighted by Crippen LogP contribution is -2.28. The molecule has 4 heterocycles. The molecule has 4 aliphatic heterocycles. The number of nitrogens with one attached hydrogen (secondary N) is 1. The third-order valence-electron chi connectivity index (χ3n) is 5.88. The van der Waals surface area contributed by atoms with Gasteiger partial charge in [0.15, 0.2) is 0 Å². The average molecular weight is 406 g/mol. The largest absolute Gasteiger partial charge is 0.356 e. The van der Waals surface area contributed by atoms with Crippen LogP contribution in [0.4, 0.5) is 0 Å². The number of allylic oxidation sites excluding steroid dienone is 3. The summed E-state index contributed by atoms with van der Waals surface area (Å²) < 4.78 is 0. The minimum Gasteiger partial charge on any atom is -0.356 e. The van der Waals surface area contributed by atoms with Crippen molar-refractivity contribution in [3.63, 3.8) is 0 Å². The van der Waals surface area contributed by atoms with Crippen LogP contribution in [-0.4, -0.2) is 39.2 Å². The van der Waals surface area contributed by atoms with Crippen LogP contribution >= 0.6 is 0 Å². The van der Waals surface area contributed by atoms with Crippen molar-refractivity contribution in [2.45, 2.75) is 64.2 Å². The number of dihydropyridines is 1. The van der Waals surface area contributed by atoms with E-state index in [-0.39, 0.29) is 0 Å². The van der Waals surface area contributed by atoms with Crippen molar-refractivity contribution in [3.8, 4) is 0 Å². The summed E-state index contributed by atoms with van der Waals surface area (Å²) in [4.78, 5) is 8.50. The fourth-order valence-corrected chi connectivity index (χ4v) is 4.18. The number of rotatable bonds is 0. The Morgan fingerprint density at radius 1 is 0.667 bits per heavy atom. The van der Waals surface area contributed by atoms with Gasteiger partial charge in [0.25, 0.3) is 0 Å². The summed E-state index contributed by atoms with van der Waals surface area (Å²) in [6, 6.07) is 0. The topological polar surface area (TPSA) is 25.0 Å². The molecule has 0 saturated carbocycles. The molecular weight excluding hydrogens is 370 g/mol. The average Bonchev–Trinajstić information content (AvgIpc) is 3.38. The van der Waals surface area contributed by atoms with Gasteiger partial charge in [-0.3, -0.25) is 0 Å². The Bertz CT molecular complexity index is 690. The summed E-state index contributed by atoms with van der Waals surface area (Å²) in [5, 5.41) is 3.53. The van der Waals surface area contributed by atoms with Crippen LogP contribution in [0.1, 0.15) is 64.2 Å². The monoisotopic (exact) mass is 405 g/mol. The molecule has 0 atom stereocenters. The molecule has 0 aromatic rings. The second-order valence-corrected chi connectivity index (χ2v) is 8.51. The molecule has 0 aliphatic carbocycles. The molecule has 5 heteroatoms. The molecule has 4 rings (SSSR count). The van der Waals surface area contributed by atoms with Crippen LogP contribution in [0.5, 0.6) is 0 Å². The lowest BCUT2D eigenvalue weighted by Gasteiger charge is -2.23. The predicted octanol–water partition coefficient (Wildman–Crippen LogP) is 4.96. The first-order valence-corrected chi connectivity index (χ1v) is 11.7. The van der Waals surface area contributed by atoms with Gasteiger partial charge in [-0.2, -0.15) is 0 Å². The maximum atomic E-state index is 3.53. The first kappa shape index (κ1) is 21.0. The third kappa shape index (κ3) is 6.61. The Kier molecular flexibility index (Phi) is 7.81. The molecule has 0 aromatic heterocycles. The maximum absolute atomic E-state index is 3.53. The van der Waals surface area contributed by atoms with Crippen molar-refractivity contribution >= 4 is 0 Å². The van der Waals surface area contributed by atoms with E-state index in [0.29, 0.717) is 0 Å². The number of hydrogen-bond acceptors (Lipinski definition) is 5. The smallest absolute Gasteiger partial charge is 0.212 e. The fourth-order valence-electron chi connectivity index (χ4n) is 4.18. The molecule has 1 N–H and O–H groups in total. The summed E-state index contributed by atoms with van der Waals surface area (Å²) in [5.74, 6) is 0. The van der Waals surface area contributed by atoms with E-state index in [9.17, 15) is 0 Å². The quantitative estimate of drug-likeness (QED) is 0.614. The van der Waals surface area contributed by atoms with E-state index in [4.69, 9.17) is 0 Å². The van der Waals surface area contributed by atoms with E-state index in [1.807, 2.05) is 4.90 Å². The summed E-state index contributed by atoms with van der Waals surface area (Å²) in [6.07, 6.45) is 30.3. The van der Waals surface area contributed by atoms with E-state index in [1.54, 1.807) is 0 Å². The van der Waals surface area contributed by atoms with Crippen molar-refractivity contribution in [3.05, 3.63) is 74.0 Å². The first-order chi connectivity index (χ1) is 14.8. The lowest BCUT2D eigenvalue weighted by atomic mass is 10.1. The van der Waals surface area contributed by atoms with Crippen LogP contribution in [0.3, 0.4) is 0 Å². The Balaban J connectivity index is 1.31. The second-order valence-electron chi connectivity index (χ2n) is 8.51. The van der Waals surface area contributed by atoms with Crippen molar-refractivity contribution in [1.29, 1.82) is 0 Å². The zero-order valence-electron chi connectivity index (χ0n) is 18.1. The van der Waals surface area contributed by atoms with Crippen molar-refractivity contribution in [2.75, 3.05) is 19.6 Å². The molecule has 30 heavy (non-hydrogen) atoms. The number of hydrogen-bond donors (Lipinski definition) is 1. The minimum absolute atomic E-state index is 0.796. The van der Waals surface area contributed by atoms with Gasteiger partial charge in [-0.25, -0.2) is 0 Å². The molecular formula is C25H35N5. The molecule has 160 valence electrons. The Hall–Kier alpha value is -2.30. The second kappa shape index (κ2) is 11.2. The third-order valence-corrected chi connectivity index (χ3v) is 5.88. The highest BCUT2D eigenvalue weighted by atomic mass is 15.3. The standard InChI is InChI=1S/C25H35N5/c1-2-4-6-8-10-15-28-17-19-30(23-28)21-25-13-11-12-24(26-25)20-29-18-16-27(22-29)14-9-7-5-3-1/h11-13,16-20,26H,1-10,14-15,21H2/b24-20+. The molecule has 0 aromatic carbocycles. The molecule has 0 fully saturated rings. The van der Waals surface area contributed by atoms with E-state index < -0.39 is 0 Å². The highest BCUT2D eigenvalue weighted by Gasteiger charge is 2.17. The molecule has 6 bridgehead atoms. The van der Waals surface area contributed by atoms with Crippen LogP contribution in [0.15, 0.2) is 60.6 Å². The minimum atomic E-state index is 0.796. The summed E-state index contributed by atoms with van der Waals surface area (Å²) >= 11 is 0. The van der Waals surface area contributed by atoms with E-state index in [1.165, 1.54) is 69.9 Å². The van der Waals surface area contributed by atoms with E-state index in [0.717, 1.165) is 25.3 Å². The van der Waals surface area contributed by atoms with Crippen molar-refractivity contribution in [1.82, 2.24) is 24.9 Å².